The third-order valence-electron chi connectivity index (χ3n) is 4.91. The number of aromatic nitrogens is 2. The molecule has 3 aromatic rings. The van der Waals surface area contributed by atoms with Crippen molar-refractivity contribution in [1.82, 2.24) is 15.1 Å². The molecular formula is C22H22FN3O2. The lowest BCUT2D eigenvalue weighted by molar-refractivity contribution is 0.0928. The van der Waals surface area contributed by atoms with Gasteiger partial charge >= 0.3 is 0 Å². The van der Waals surface area contributed by atoms with Crippen molar-refractivity contribution in [2.75, 3.05) is 0 Å². The number of ether oxygens (including phenoxy) is 1. The number of nitrogens with zero attached hydrogens (tertiary/aromatic N) is 2. The van der Waals surface area contributed by atoms with Crippen molar-refractivity contribution < 1.29 is 13.9 Å². The van der Waals surface area contributed by atoms with Crippen LogP contribution in [0.4, 0.5) is 4.39 Å². The topological polar surface area (TPSA) is 56.2 Å². The van der Waals surface area contributed by atoms with Crippen LogP contribution in [0.3, 0.4) is 0 Å². The third kappa shape index (κ3) is 4.22. The minimum absolute atomic E-state index is 0.186. The van der Waals surface area contributed by atoms with Gasteiger partial charge in [-0.1, -0.05) is 43.2 Å². The third-order valence-corrected chi connectivity index (χ3v) is 4.91. The van der Waals surface area contributed by atoms with E-state index in [1.807, 2.05) is 30.3 Å². The van der Waals surface area contributed by atoms with Crippen LogP contribution in [0.2, 0.25) is 0 Å². The highest BCUT2D eigenvalue weighted by Gasteiger charge is 2.23. The fraction of sp³-hybridized carbons (Fsp3) is 0.273. The van der Waals surface area contributed by atoms with Gasteiger partial charge in [0.25, 0.3) is 5.91 Å². The van der Waals surface area contributed by atoms with E-state index < -0.39 is 0 Å². The molecule has 1 heterocycles. The van der Waals surface area contributed by atoms with Crippen molar-refractivity contribution in [3.8, 4) is 11.4 Å². The monoisotopic (exact) mass is 379 g/mol. The summed E-state index contributed by atoms with van der Waals surface area (Å²) in [6.45, 7) is 0.333. The highest BCUT2D eigenvalue weighted by Crippen LogP contribution is 2.23. The molecule has 6 heteroatoms. The summed E-state index contributed by atoms with van der Waals surface area (Å²) in [6.07, 6.45) is 5.91. The quantitative estimate of drug-likeness (QED) is 0.696. The zero-order valence-corrected chi connectivity index (χ0v) is 15.5. The molecule has 1 aromatic heterocycles. The predicted octanol–water partition coefficient (Wildman–Crippen LogP) is 4.26. The van der Waals surface area contributed by atoms with E-state index in [1.165, 1.54) is 12.1 Å². The number of carbonyl (C=O) groups excluding carboxylic acids is 1. The average molecular weight is 379 g/mol. The maximum Gasteiger partial charge on any atom is 0.275 e. The summed E-state index contributed by atoms with van der Waals surface area (Å²) in [6, 6.07) is 15.9. The summed E-state index contributed by atoms with van der Waals surface area (Å²) in [5, 5.41) is 7.47. The Balaban J connectivity index is 1.59. The number of rotatable bonds is 6. The zero-order valence-electron chi connectivity index (χ0n) is 15.5. The Morgan fingerprint density at radius 1 is 1.11 bits per heavy atom. The Morgan fingerprint density at radius 2 is 1.82 bits per heavy atom. The molecule has 1 N–H and O–H groups in total. The highest BCUT2D eigenvalue weighted by atomic mass is 19.1. The second kappa shape index (κ2) is 8.25. The van der Waals surface area contributed by atoms with Crippen LogP contribution in [0.5, 0.6) is 5.75 Å². The van der Waals surface area contributed by atoms with Crippen LogP contribution in [-0.4, -0.2) is 21.7 Å². The molecule has 0 unspecified atom stereocenters. The Hall–Kier alpha value is -3.15. The summed E-state index contributed by atoms with van der Waals surface area (Å²) in [4.78, 5) is 12.8. The number of nitrogens with one attached hydrogen (secondary N) is 1. The molecule has 5 nitrogen and oxygen atoms in total. The van der Waals surface area contributed by atoms with Crippen molar-refractivity contribution >= 4 is 5.91 Å². The van der Waals surface area contributed by atoms with Gasteiger partial charge in [0.15, 0.2) is 11.4 Å². The van der Waals surface area contributed by atoms with Crippen molar-refractivity contribution in [2.24, 2.45) is 0 Å². The summed E-state index contributed by atoms with van der Waals surface area (Å²) in [7, 11) is 0. The number of halogens is 1. The van der Waals surface area contributed by atoms with E-state index in [0.29, 0.717) is 18.0 Å². The van der Waals surface area contributed by atoms with Crippen LogP contribution < -0.4 is 10.1 Å². The normalized spacial score (nSPS) is 14.2. The lowest BCUT2D eigenvalue weighted by Gasteiger charge is -2.11. The molecule has 1 saturated carbocycles. The molecule has 144 valence electrons. The first-order valence-electron chi connectivity index (χ1n) is 9.52. The van der Waals surface area contributed by atoms with Gasteiger partial charge in [0.05, 0.1) is 11.9 Å². The zero-order chi connectivity index (χ0) is 19.3. The van der Waals surface area contributed by atoms with Crippen molar-refractivity contribution in [3.63, 3.8) is 0 Å². The van der Waals surface area contributed by atoms with E-state index in [4.69, 9.17) is 4.74 Å². The predicted molar refractivity (Wildman–Crippen MR) is 104 cm³/mol. The first-order chi connectivity index (χ1) is 13.7. The van der Waals surface area contributed by atoms with E-state index in [2.05, 4.69) is 10.4 Å². The largest absolute Gasteiger partial charge is 0.485 e. The maximum atomic E-state index is 13.2. The van der Waals surface area contributed by atoms with Gasteiger partial charge in [0, 0.05) is 6.04 Å². The minimum atomic E-state index is -0.323. The van der Waals surface area contributed by atoms with E-state index in [9.17, 15) is 9.18 Å². The number of hydrogen-bond acceptors (Lipinski definition) is 3. The second-order valence-electron chi connectivity index (χ2n) is 6.99. The Morgan fingerprint density at radius 3 is 2.54 bits per heavy atom. The molecule has 0 atom stereocenters. The molecule has 0 aliphatic heterocycles. The van der Waals surface area contributed by atoms with E-state index in [1.54, 1.807) is 23.0 Å². The first-order valence-corrected chi connectivity index (χ1v) is 9.52. The molecule has 0 spiro atoms. The SMILES string of the molecule is O=C(NC1CCCC1)c1nn(-c2ccc(F)cc2)cc1OCc1ccccc1. The van der Waals surface area contributed by atoms with Gasteiger partial charge in [-0.2, -0.15) is 5.10 Å². The summed E-state index contributed by atoms with van der Waals surface area (Å²) < 4.78 is 20.7. The molecular weight excluding hydrogens is 357 g/mol. The number of hydrogen-bond donors (Lipinski definition) is 1. The van der Waals surface area contributed by atoms with Crippen LogP contribution in [-0.2, 0) is 6.61 Å². The number of carbonyl (C=O) groups is 1. The van der Waals surface area contributed by atoms with Crippen molar-refractivity contribution in [3.05, 3.63) is 77.9 Å². The maximum absolute atomic E-state index is 13.2. The van der Waals surface area contributed by atoms with Crippen molar-refractivity contribution in [2.45, 2.75) is 38.3 Å². The standard InChI is InChI=1S/C22H22FN3O2/c23-17-10-12-19(13-11-17)26-14-20(28-15-16-6-2-1-3-7-16)21(25-26)22(27)24-18-8-4-5-9-18/h1-3,6-7,10-14,18H,4-5,8-9,15H2,(H,24,27). The summed E-state index contributed by atoms with van der Waals surface area (Å²) in [5.74, 6) is -0.157. The molecule has 0 radical (unpaired) electrons. The van der Waals surface area contributed by atoms with Crippen LogP contribution in [0, 0.1) is 5.82 Å². The van der Waals surface area contributed by atoms with Crippen molar-refractivity contribution in [1.29, 1.82) is 0 Å². The van der Waals surface area contributed by atoms with E-state index in [-0.39, 0.29) is 23.5 Å². The fourth-order valence-corrected chi connectivity index (χ4v) is 3.41. The van der Waals surface area contributed by atoms with Gasteiger partial charge in [-0.15, -0.1) is 0 Å². The van der Waals surface area contributed by atoms with Crippen LogP contribution in [0.25, 0.3) is 5.69 Å². The van der Waals surface area contributed by atoms with E-state index >= 15 is 0 Å². The molecule has 1 aliphatic rings. The lowest BCUT2D eigenvalue weighted by Crippen LogP contribution is -2.33. The molecule has 0 bridgehead atoms. The first kappa shape index (κ1) is 18.2. The summed E-state index contributed by atoms with van der Waals surface area (Å²) >= 11 is 0. The Labute approximate surface area is 163 Å². The number of amides is 1. The van der Waals surface area contributed by atoms with Crippen LogP contribution in [0.15, 0.2) is 60.8 Å². The molecule has 0 saturated heterocycles. The molecule has 28 heavy (non-hydrogen) atoms. The minimum Gasteiger partial charge on any atom is -0.485 e. The molecule has 1 aliphatic carbocycles. The fourth-order valence-electron chi connectivity index (χ4n) is 3.41. The van der Waals surface area contributed by atoms with Gasteiger partial charge < -0.3 is 10.1 Å². The smallest absolute Gasteiger partial charge is 0.275 e. The highest BCUT2D eigenvalue weighted by molar-refractivity contribution is 5.95. The van der Waals surface area contributed by atoms with Crippen LogP contribution >= 0.6 is 0 Å². The van der Waals surface area contributed by atoms with Gasteiger partial charge in [0.2, 0.25) is 0 Å². The number of benzene rings is 2. The lowest BCUT2D eigenvalue weighted by atomic mass is 10.2. The molecule has 1 fully saturated rings. The molecule has 1 amide bonds. The Bertz CT molecular complexity index is 932. The van der Waals surface area contributed by atoms with E-state index in [0.717, 1.165) is 31.2 Å². The van der Waals surface area contributed by atoms with Gasteiger partial charge in [-0.25, -0.2) is 9.07 Å². The van der Waals surface area contributed by atoms with Gasteiger partial charge in [-0.05, 0) is 42.7 Å². The van der Waals surface area contributed by atoms with Crippen LogP contribution in [0.1, 0.15) is 41.7 Å². The van der Waals surface area contributed by atoms with Gasteiger partial charge in [-0.3, -0.25) is 4.79 Å². The molecule has 4 rings (SSSR count). The average Bonchev–Trinajstić information content (AvgIpc) is 3.37. The Kier molecular flexibility index (Phi) is 5.37. The molecule has 2 aromatic carbocycles. The summed E-state index contributed by atoms with van der Waals surface area (Å²) in [5.41, 5.74) is 1.90. The van der Waals surface area contributed by atoms with Gasteiger partial charge in [0.1, 0.15) is 12.4 Å². The second-order valence-corrected chi connectivity index (χ2v) is 6.99.